The second-order valence-electron chi connectivity index (χ2n) is 2.83. The third kappa shape index (κ3) is 2.64. The van der Waals surface area contributed by atoms with Crippen molar-refractivity contribution in [2.24, 2.45) is 0 Å². The van der Waals surface area contributed by atoms with Crippen LogP contribution in [0.25, 0.3) is 0 Å². The zero-order chi connectivity index (χ0) is 10.4. The number of ether oxygens (including phenoxy) is 1. The van der Waals surface area contributed by atoms with Crippen LogP contribution in [0.4, 0.5) is 11.4 Å². The van der Waals surface area contributed by atoms with E-state index >= 15 is 0 Å². The summed E-state index contributed by atoms with van der Waals surface area (Å²) in [7, 11) is 1.64. The van der Waals surface area contributed by atoms with Gasteiger partial charge in [-0.25, -0.2) is 0 Å². The van der Waals surface area contributed by atoms with E-state index in [1.165, 1.54) is 0 Å². The minimum atomic E-state index is 0.569. The van der Waals surface area contributed by atoms with Gasteiger partial charge in [0.1, 0.15) is 0 Å². The lowest BCUT2D eigenvalue weighted by molar-refractivity contribution is 0.211. The number of methoxy groups -OCH3 is 1. The molecule has 4 nitrogen and oxygen atoms in total. The zero-order valence-electron chi connectivity index (χ0n) is 8.08. The third-order valence-electron chi connectivity index (χ3n) is 1.80. The zero-order valence-corrected chi connectivity index (χ0v) is 8.08. The first-order chi connectivity index (χ1) is 6.77. The number of anilines is 2. The Bertz CT molecular complexity index is 344. The summed E-state index contributed by atoms with van der Waals surface area (Å²) in [5, 5.41) is 11.7. The Morgan fingerprint density at radius 3 is 2.93 bits per heavy atom. The van der Waals surface area contributed by atoms with Crippen LogP contribution in [-0.4, -0.2) is 20.3 Å². The van der Waals surface area contributed by atoms with Crippen molar-refractivity contribution in [2.75, 3.05) is 31.3 Å². The lowest BCUT2D eigenvalue weighted by atomic mass is 10.2. The van der Waals surface area contributed by atoms with Gasteiger partial charge in [-0.05, 0) is 18.2 Å². The van der Waals surface area contributed by atoms with Gasteiger partial charge in [0.25, 0.3) is 0 Å². The second-order valence-corrected chi connectivity index (χ2v) is 2.83. The predicted octanol–water partition coefficient (Wildman–Crippen LogP) is 1.20. The summed E-state index contributed by atoms with van der Waals surface area (Å²) in [6.45, 7) is 1.33. The normalized spacial score (nSPS) is 9.43. The molecule has 0 bridgehead atoms. The number of hydrogen-bond acceptors (Lipinski definition) is 4. The molecule has 74 valence electrons. The van der Waals surface area contributed by atoms with Crippen molar-refractivity contribution in [1.82, 2.24) is 0 Å². The number of nitrogen functional groups attached to an aromatic ring is 1. The van der Waals surface area contributed by atoms with E-state index in [1.54, 1.807) is 25.3 Å². The van der Waals surface area contributed by atoms with Gasteiger partial charge in [0, 0.05) is 13.7 Å². The predicted molar refractivity (Wildman–Crippen MR) is 55.9 cm³/mol. The topological polar surface area (TPSA) is 71.1 Å². The molecule has 3 N–H and O–H groups in total. The van der Waals surface area contributed by atoms with E-state index < -0.39 is 0 Å². The van der Waals surface area contributed by atoms with Gasteiger partial charge in [0.05, 0.1) is 29.6 Å². The second kappa shape index (κ2) is 5.10. The summed E-state index contributed by atoms with van der Waals surface area (Å²) >= 11 is 0. The first-order valence-electron chi connectivity index (χ1n) is 4.30. The number of rotatable bonds is 4. The molecule has 1 aromatic carbocycles. The van der Waals surface area contributed by atoms with E-state index in [2.05, 4.69) is 5.32 Å². The van der Waals surface area contributed by atoms with Gasteiger partial charge < -0.3 is 15.8 Å². The van der Waals surface area contributed by atoms with Crippen LogP contribution in [-0.2, 0) is 4.74 Å². The minimum Gasteiger partial charge on any atom is -0.397 e. The minimum absolute atomic E-state index is 0.569. The SMILES string of the molecule is COCCNc1ccc(C#N)cc1N. The Hall–Kier alpha value is -1.73. The summed E-state index contributed by atoms with van der Waals surface area (Å²) in [6, 6.07) is 7.20. The Balaban J connectivity index is 2.65. The fraction of sp³-hybridized carbons (Fsp3) is 0.300. The molecule has 0 aromatic heterocycles. The van der Waals surface area contributed by atoms with E-state index in [9.17, 15) is 0 Å². The fourth-order valence-electron chi connectivity index (χ4n) is 1.08. The van der Waals surface area contributed by atoms with Crippen molar-refractivity contribution >= 4 is 11.4 Å². The number of hydrogen-bond donors (Lipinski definition) is 2. The maximum atomic E-state index is 8.62. The Labute approximate surface area is 83.3 Å². The average Bonchev–Trinajstić information content (AvgIpc) is 2.20. The van der Waals surface area contributed by atoms with Gasteiger partial charge in [-0.2, -0.15) is 5.26 Å². The summed E-state index contributed by atoms with van der Waals surface area (Å²) in [5.74, 6) is 0. The van der Waals surface area contributed by atoms with Gasteiger partial charge in [0.2, 0.25) is 0 Å². The monoisotopic (exact) mass is 191 g/mol. The standard InChI is InChI=1S/C10H13N3O/c1-14-5-4-13-10-3-2-8(7-11)6-9(10)12/h2-3,6,13H,4-5,12H2,1H3. The van der Waals surface area contributed by atoms with Crippen molar-refractivity contribution in [3.05, 3.63) is 23.8 Å². The van der Waals surface area contributed by atoms with Crippen molar-refractivity contribution in [1.29, 1.82) is 5.26 Å². The first-order valence-corrected chi connectivity index (χ1v) is 4.30. The maximum Gasteiger partial charge on any atom is 0.0992 e. The molecule has 0 aliphatic carbocycles. The average molecular weight is 191 g/mol. The van der Waals surface area contributed by atoms with E-state index in [0.29, 0.717) is 24.4 Å². The highest BCUT2D eigenvalue weighted by Gasteiger charge is 1.99. The van der Waals surface area contributed by atoms with Crippen LogP contribution in [0.5, 0.6) is 0 Å². The largest absolute Gasteiger partial charge is 0.397 e. The molecule has 0 fully saturated rings. The Morgan fingerprint density at radius 2 is 2.36 bits per heavy atom. The summed E-state index contributed by atoms with van der Waals surface area (Å²) in [5.41, 5.74) is 7.71. The highest BCUT2D eigenvalue weighted by atomic mass is 16.5. The quantitative estimate of drug-likeness (QED) is 0.554. The highest BCUT2D eigenvalue weighted by molar-refractivity contribution is 5.68. The number of nitrogens with two attached hydrogens (primary N) is 1. The molecule has 0 saturated carbocycles. The third-order valence-corrected chi connectivity index (χ3v) is 1.80. The molecule has 0 aliphatic heterocycles. The van der Waals surface area contributed by atoms with Gasteiger partial charge in [-0.1, -0.05) is 0 Å². The Kier molecular flexibility index (Phi) is 3.77. The van der Waals surface area contributed by atoms with Crippen molar-refractivity contribution in [3.8, 4) is 6.07 Å². The molecule has 0 atom stereocenters. The van der Waals surface area contributed by atoms with Crippen LogP contribution in [0.3, 0.4) is 0 Å². The van der Waals surface area contributed by atoms with E-state index in [4.69, 9.17) is 15.7 Å². The van der Waals surface area contributed by atoms with Crippen molar-refractivity contribution in [2.45, 2.75) is 0 Å². The van der Waals surface area contributed by atoms with Crippen LogP contribution < -0.4 is 11.1 Å². The van der Waals surface area contributed by atoms with Crippen molar-refractivity contribution < 1.29 is 4.74 Å². The molecule has 0 spiro atoms. The van der Waals surface area contributed by atoms with Crippen LogP contribution in [0.15, 0.2) is 18.2 Å². The summed E-state index contributed by atoms with van der Waals surface area (Å²) < 4.78 is 4.89. The van der Waals surface area contributed by atoms with Crippen LogP contribution in [0, 0.1) is 11.3 Å². The maximum absolute atomic E-state index is 8.62. The molecule has 14 heavy (non-hydrogen) atoms. The fourth-order valence-corrected chi connectivity index (χ4v) is 1.08. The van der Waals surface area contributed by atoms with E-state index in [0.717, 1.165) is 5.69 Å². The molecule has 0 amide bonds. The van der Waals surface area contributed by atoms with Gasteiger partial charge in [-0.15, -0.1) is 0 Å². The number of nitrogens with one attached hydrogen (secondary N) is 1. The van der Waals surface area contributed by atoms with Gasteiger partial charge >= 0.3 is 0 Å². The lowest BCUT2D eigenvalue weighted by Crippen LogP contribution is -2.09. The smallest absolute Gasteiger partial charge is 0.0992 e. The Morgan fingerprint density at radius 1 is 1.57 bits per heavy atom. The molecule has 0 radical (unpaired) electrons. The molecule has 0 aliphatic rings. The molecule has 1 rings (SSSR count). The van der Waals surface area contributed by atoms with Crippen molar-refractivity contribution in [3.63, 3.8) is 0 Å². The molecule has 0 heterocycles. The molecule has 0 unspecified atom stereocenters. The number of benzene rings is 1. The summed E-state index contributed by atoms with van der Waals surface area (Å²) in [6.07, 6.45) is 0. The molecule has 1 aromatic rings. The first kappa shape index (κ1) is 10.4. The van der Waals surface area contributed by atoms with Crippen LogP contribution in [0.2, 0.25) is 0 Å². The lowest BCUT2D eigenvalue weighted by Gasteiger charge is -2.08. The summed E-state index contributed by atoms with van der Waals surface area (Å²) in [4.78, 5) is 0. The molecule has 0 saturated heterocycles. The number of nitriles is 1. The molecular weight excluding hydrogens is 178 g/mol. The van der Waals surface area contributed by atoms with E-state index in [1.807, 2.05) is 6.07 Å². The highest BCUT2D eigenvalue weighted by Crippen LogP contribution is 2.18. The van der Waals surface area contributed by atoms with E-state index in [-0.39, 0.29) is 0 Å². The van der Waals surface area contributed by atoms with Gasteiger partial charge in [0.15, 0.2) is 0 Å². The van der Waals surface area contributed by atoms with Crippen LogP contribution >= 0.6 is 0 Å². The number of nitrogens with zero attached hydrogens (tertiary/aromatic N) is 1. The van der Waals surface area contributed by atoms with Gasteiger partial charge in [-0.3, -0.25) is 0 Å². The molecule has 4 heteroatoms. The molecular formula is C10H13N3O. The van der Waals surface area contributed by atoms with Crippen LogP contribution in [0.1, 0.15) is 5.56 Å².